The molecule has 5 aliphatic carbocycles. The molecule has 3 unspecified atom stereocenters. The van der Waals surface area contributed by atoms with Gasteiger partial charge >= 0.3 is 5.97 Å². The number of ether oxygens (including phenoxy) is 12. The number of esters is 1. The number of hydrogen-bond donors (Lipinski definition) is 18. The predicted octanol–water partition coefficient (Wildman–Crippen LogP) is -5.50. The van der Waals surface area contributed by atoms with Gasteiger partial charge in [-0.3, -0.25) is 4.79 Å². The van der Waals surface area contributed by atoms with Crippen molar-refractivity contribution in [3.05, 3.63) is 11.6 Å². The average Bonchev–Trinajstić information content (AvgIpc) is 0.742. The molecule has 6 saturated heterocycles. The highest BCUT2D eigenvalue weighted by Gasteiger charge is 2.74. The van der Waals surface area contributed by atoms with Crippen molar-refractivity contribution in [1.29, 1.82) is 0 Å². The first-order chi connectivity index (χ1) is 44.0. The first kappa shape index (κ1) is 73.3. The summed E-state index contributed by atoms with van der Waals surface area (Å²) in [5.74, 6) is -2.09. The maximum atomic E-state index is 15.7. The molecule has 0 aromatic heterocycles. The third-order valence-corrected chi connectivity index (χ3v) is 24.5. The summed E-state index contributed by atoms with van der Waals surface area (Å²) in [5, 5.41) is 200. The van der Waals surface area contributed by atoms with E-state index in [4.69, 9.17) is 56.8 Å². The minimum Gasteiger partial charge on any atom is -0.432 e. The molecule has 0 amide bonds. The van der Waals surface area contributed by atoms with E-state index >= 15 is 4.79 Å². The number of hydrogen-bond acceptors (Lipinski definition) is 31. The van der Waals surface area contributed by atoms with Crippen molar-refractivity contribution in [2.24, 2.45) is 50.2 Å². The molecule has 18 N–H and O–H groups in total. The highest BCUT2D eigenvalue weighted by molar-refractivity contribution is 5.79. The zero-order chi connectivity index (χ0) is 68.6. The van der Waals surface area contributed by atoms with E-state index in [0.717, 1.165) is 5.57 Å². The fraction of sp³-hybridized carbons (Fsp3) is 0.952. The fourth-order valence-corrected chi connectivity index (χ4v) is 18.9. The minimum absolute atomic E-state index is 0.0766. The van der Waals surface area contributed by atoms with Crippen LogP contribution in [-0.2, 0) is 61.6 Å². The van der Waals surface area contributed by atoms with Crippen LogP contribution in [0.5, 0.6) is 0 Å². The highest BCUT2D eigenvalue weighted by atomic mass is 16.8. The maximum absolute atomic E-state index is 15.7. The van der Waals surface area contributed by atoms with Gasteiger partial charge in [0.2, 0.25) is 6.29 Å². The van der Waals surface area contributed by atoms with Gasteiger partial charge in [-0.2, -0.15) is 0 Å². The fourth-order valence-electron chi connectivity index (χ4n) is 18.9. The van der Waals surface area contributed by atoms with E-state index in [2.05, 4.69) is 33.8 Å². The van der Waals surface area contributed by atoms with Gasteiger partial charge in [-0.05, 0) is 98.7 Å². The summed E-state index contributed by atoms with van der Waals surface area (Å²) in [6.07, 6.45) is -40.9. The van der Waals surface area contributed by atoms with E-state index < -0.39 is 262 Å². The maximum Gasteiger partial charge on any atom is 0.315 e. The molecule has 11 rings (SSSR count). The normalized spacial score (nSPS) is 55.9. The number of carbonyl (C=O) groups is 1. The Morgan fingerprint density at radius 1 is 0.532 bits per heavy atom. The van der Waals surface area contributed by atoms with Crippen LogP contribution in [0.15, 0.2) is 11.6 Å². The lowest BCUT2D eigenvalue weighted by Crippen LogP contribution is -2.72. The van der Waals surface area contributed by atoms with Crippen LogP contribution >= 0.6 is 0 Å². The molecule has 94 heavy (non-hydrogen) atoms. The number of fused-ring (bicyclic) bond motifs is 7. The summed E-state index contributed by atoms with van der Waals surface area (Å²) in [6, 6.07) is 0. The molecule has 0 spiro atoms. The summed E-state index contributed by atoms with van der Waals surface area (Å²) >= 11 is 0. The molecule has 0 radical (unpaired) electrons. The van der Waals surface area contributed by atoms with Crippen molar-refractivity contribution in [2.75, 3.05) is 39.6 Å². The SMILES string of the molecule is C[C@@H]1O[C@@H](O[C@H]2[C@H](OC(=O)[C@]34CCC(C)(C)C[C@H]3C3=CCC5[C@@]6(C)C[C@@H](O)[C@@H](O[C@@H]7O[C@H](CO)[C@@H](O)[C@H](O)[C@H]7O)[C@@](C)(CO)C6C(O)C[C@@]5(C)[C@]3(C)CC4)OC[C@H](O)[C@@H]2O)[C@H](O)[C@H](O[C@@H]2OC[C@](O)(CO)[C@H]2O)[C@H]1O[C@@H]1OC[C@@H](O)[C@H](O[C@H]2O[C@H](C)[C@@H](O)[C@H](O)[C@@H]2O)[C@H]1O. The van der Waals surface area contributed by atoms with Crippen LogP contribution in [0.2, 0.25) is 0 Å². The van der Waals surface area contributed by atoms with Gasteiger partial charge in [0.1, 0.15) is 103 Å². The van der Waals surface area contributed by atoms with Gasteiger partial charge in [-0.15, -0.1) is 0 Å². The van der Waals surface area contributed by atoms with Gasteiger partial charge in [0.05, 0.1) is 75.6 Å². The van der Waals surface area contributed by atoms with E-state index in [9.17, 15) is 91.9 Å². The van der Waals surface area contributed by atoms with E-state index in [1.165, 1.54) is 13.8 Å². The molecule has 6 aliphatic heterocycles. The van der Waals surface area contributed by atoms with Gasteiger partial charge < -0.3 is 149 Å². The molecule has 31 nitrogen and oxygen atoms in total. The van der Waals surface area contributed by atoms with Crippen molar-refractivity contribution in [2.45, 2.75) is 284 Å². The lowest BCUT2D eigenvalue weighted by molar-refractivity contribution is -0.387. The Labute approximate surface area is 543 Å². The lowest BCUT2D eigenvalue weighted by atomic mass is 9.33. The van der Waals surface area contributed by atoms with Crippen molar-refractivity contribution >= 4 is 5.97 Å². The topological polar surface area (TPSA) is 492 Å². The molecule has 540 valence electrons. The van der Waals surface area contributed by atoms with Crippen molar-refractivity contribution < 1.29 is 154 Å². The van der Waals surface area contributed by atoms with Crippen LogP contribution in [0.4, 0.5) is 0 Å². The molecular weight excluding hydrogens is 1250 g/mol. The Hall–Kier alpha value is -1.95. The van der Waals surface area contributed by atoms with Crippen molar-refractivity contribution in [3.63, 3.8) is 0 Å². The molecular formula is C63H102O31. The minimum atomic E-state index is -2.24. The van der Waals surface area contributed by atoms with Crippen LogP contribution in [0.1, 0.15) is 107 Å². The predicted molar refractivity (Wildman–Crippen MR) is 311 cm³/mol. The second-order valence-corrected chi connectivity index (χ2v) is 30.8. The standard InChI is InChI=1S/C63H102O31/c1-24-34(71)37(74)39(76)51(86-24)90-44-31(70)20-83-50(41(44)78)89-43-25(2)87-53(42(79)45(43)91-55-48(80)63(82,22-66)23-85-55)92-46-35(72)30(69)19-84-54(46)94-56(81)62-13-11-57(3,4)15-27(62)26-9-10-33-58(5)16-29(68)49(93-52-40(77)38(75)36(73)32(18-64)88-52)59(6,21-65)47(58)28(67)17-61(33,8)60(26,7)12-14-62/h9,24-25,27-55,64-80,82H,10-23H2,1-8H3/t24-,25+,27+,28?,29-,30+,31-,32-,33?,34-,35+,36-,37+,38+,39+,40-,41-,42-,43+,44+,45+,46-,47?,48+,49-,50+,51-,52+,53+,54+,55+,58-,59+,60-,61-,62+,63-/m1/s1. The molecule has 37 atom stereocenters. The van der Waals surface area contributed by atoms with Crippen LogP contribution in [0.3, 0.4) is 0 Å². The molecule has 0 bridgehead atoms. The third kappa shape index (κ3) is 12.1. The second kappa shape index (κ2) is 26.8. The quantitative estimate of drug-likeness (QED) is 0.0413. The first-order valence-corrected chi connectivity index (χ1v) is 33.1. The summed E-state index contributed by atoms with van der Waals surface area (Å²) in [7, 11) is 0. The Bertz CT molecular complexity index is 2680. The number of aliphatic hydroxyl groups is 18. The zero-order valence-electron chi connectivity index (χ0n) is 54.2. The summed E-state index contributed by atoms with van der Waals surface area (Å²) in [4.78, 5) is 15.7. The third-order valence-electron chi connectivity index (χ3n) is 24.5. The average molecular weight is 1360 g/mol. The number of allylic oxidation sites excluding steroid dienone is 2. The lowest BCUT2D eigenvalue weighted by Gasteiger charge is -2.72. The monoisotopic (exact) mass is 1350 g/mol. The first-order valence-electron chi connectivity index (χ1n) is 33.1. The van der Waals surface area contributed by atoms with Crippen LogP contribution in [0, 0.1) is 50.2 Å². The van der Waals surface area contributed by atoms with E-state index in [1.54, 1.807) is 6.92 Å². The van der Waals surface area contributed by atoms with Gasteiger partial charge in [0, 0.05) is 11.3 Å². The molecule has 0 aromatic carbocycles. The van der Waals surface area contributed by atoms with Crippen LogP contribution < -0.4 is 0 Å². The van der Waals surface area contributed by atoms with Crippen LogP contribution in [-0.4, -0.2) is 315 Å². The Morgan fingerprint density at radius 2 is 1.12 bits per heavy atom. The largest absolute Gasteiger partial charge is 0.432 e. The molecule has 6 heterocycles. The molecule has 4 saturated carbocycles. The van der Waals surface area contributed by atoms with Gasteiger partial charge in [-0.25, -0.2) is 0 Å². The zero-order valence-corrected chi connectivity index (χ0v) is 54.2. The van der Waals surface area contributed by atoms with E-state index in [0.29, 0.717) is 32.1 Å². The Kier molecular flexibility index (Phi) is 20.9. The van der Waals surface area contributed by atoms with Crippen molar-refractivity contribution in [1.82, 2.24) is 0 Å². The second-order valence-electron chi connectivity index (χ2n) is 30.8. The van der Waals surface area contributed by atoms with Crippen LogP contribution in [0.25, 0.3) is 0 Å². The van der Waals surface area contributed by atoms with Gasteiger partial charge in [-0.1, -0.05) is 53.2 Å². The molecule has 31 heteroatoms. The highest BCUT2D eigenvalue weighted by Crippen LogP contribution is 2.76. The van der Waals surface area contributed by atoms with E-state index in [1.807, 2.05) is 6.92 Å². The summed E-state index contributed by atoms with van der Waals surface area (Å²) in [6.45, 7) is 11.1. The van der Waals surface area contributed by atoms with E-state index in [-0.39, 0.29) is 30.6 Å². The molecule has 11 aliphatic rings. The summed E-state index contributed by atoms with van der Waals surface area (Å²) < 4.78 is 72.0. The molecule has 10 fully saturated rings. The molecule has 0 aromatic rings. The van der Waals surface area contributed by atoms with Gasteiger partial charge in [0.15, 0.2) is 37.6 Å². The Morgan fingerprint density at radius 3 is 1.78 bits per heavy atom. The Balaban J connectivity index is 0.838. The smallest absolute Gasteiger partial charge is 0.315 e. The number of carbonyl (C=O) groups excluding carboxylic acids is 1. The number of aliphatic hydroxyl groups excluding tert-OH is 17. The number of rotatable bonds is 15. The summed E-state index contributed by atoms with van der Waals surface area (Å²) in [5.41, 5.74) is -6.39. The van der Waals surface area contributed by atoms with Gasteiger partial charge in [0.25, 0.3) is 0 Å². The van der Waals surface area contributed by atoms with Crippen molar-refractivity contribution in [3.8, 4) is 0 Å².